The molecule has 39 heavy (non-hydrogen) atoms. The number of nitrogens with one attached hydrogen (secondary N) is 3. The molecule has 6 N–H and O–H groups in total. The van der Waals surface area contributed by atoms with Crippen molar-refractivity contribution in [3.63, 3.8) is 0 Å². The minimum Gasteiger partial charge on any atom is -0.366 e. The number of amides is 4. The van der Waals surface area contributed by atoms with E-state index in [9.17, 15) is 24.3 Å². The largest absolute Gasteiger partial charge is 0.366 e. The molecule has 4 rings (SSSR count). The predicted octanol–water partition coefficient (Wildman–Crippen LogP) is 0.946. The van der Waals surface area contributed by atoms with Crippen molar-refractivity contribution in [3.8, 4) is 0 Å². The molecular formula is C29H39N5O5. The van der Waals surface area contributed by atoms with Gasteiger partial charge in [0.1, 0.15) is 12.1 Å². The van der Waals surface area contributed by atoms with Crippen molar-refractivity contribution in [2.75, 3.05) is 13.1 Å². The number of carbonyl (C=O) groups is 4. The molecule has 0 saturated carbocycles. The molecule has 10 heteroatoms. The number of fused-ring (bicyclic) bond motifs is 1. The third-order valence-corrected chi connectivity index (χ3v) is 8.03. The maximum Gasteiger partial charge on any atom is 0.275 e. The Labute approximate surface area is 228 Å². The van der Waals surface area contributed by atoms with Crippen molar-refractivity contribution in [1.82, 2.24) is 20.9 Å². The second-order valence-corrected chi connectivity index (χ2v) is 10.6. The third kappa shape index (κ3) is 6.13. The van der Waals surface area contributed by atoms with Gasteiger partial charge in [-0.1, -0.05) is 56.3 Å². The highest BCUT2D eigenvalue weighted by Gasteiger charge is 2.47. The highest BCUT2D eigenvalue weighted by atomic mass is 16.3. The molecule has 2 aliphatic heterocycles. The van der Waals surface area contributed by atoms with Gasteiger partial charge in [-0.05, 0) is 55.0 Å². The Morgan fingerprint density at radius 2 is 1.82 bits per heavy atom. The summed E-state index contributed by atoms with van der Waals surface area (Å²) in [6.07, 6.45) is 3.06. The van der Waals surface area contributed by atoms with E-state index in [1.54, 1.807) is 4.90 Å². The van der Waals surface area contributed by atoms with Crippen LogP contribution in [0.4, 0.5) is 0 Å². The Bertz CT molecular complexity index is 1230. The second kappa shape index (κ2) is 12.2. The first kappa shape index (κ1) is 28.7. The number of rotatable bonds is 9. The molecule has 4 atom stereocenters. The first-order valence-electron chi connectivity index (χ1n) is 13.8. The maximum absolute atomic E-state index is 13.5. The lowest BCUT2D eigenvalue weighted by molar-refractivity contribution is -0.148. The number of benzene rings is 2. The van der Waals surface area contributed by atoms with E-state index in [0.717, 1.165) is 16.3 Å². The van der Waals surface area contributed by atoms with Crippen LogP contribution in [0.1, 0.15) is 51.5 Å². The zero-order valence-electron chi connectivity index (χ0n) is 22.6. The van der Waals surface area contributed by atoms with Crippen LogP contribution in [-0.2, 0) is 25.6 Å². The van der Waals surface area contributed by atoms with E-state index in [0.29, 0.717) is 45.2 Å². The van der Waals surface area contributed by atoms with Crippen molar-refractivity contribution in [2.45, 2.75) is 76.2 Å². The van der Waals surface area contributed by atoms with Gasteiger partial charge in [0, 0.05) is 18.9 Å². The average Bonchev–Trinajstić information content (AvgIpc) is 3.56. The van der Waals surface area contributed by atoms with E-state index >= 15 is 0 Å². The standard InChI is InChI=1S/C29H39N5O5/c1-3-19(4-2)27(37)34-15-7-10-23(34)26(36)32-22(17-18-11-12-20-8-5-6-9-21(20)16-18)25(35)33-28(38)29(39)24(30)13-14-31-29/h5-6,8-9,11-12,16,19,22-24,31,39H,3-4,7,10,13-15,17,30H2,1-2H3,(H,32,36)(H,33,35,38)/t22-,23?,24?,29+/m1/s1. The molecular weight excluding hydrogens is 498 g/mol. The van der Waals surface area contributed by atoms with Gasteiger partial charge in [-0.25, -0.2) is 0 Å². The fraction of sp³-hybridized carbons (Fsp3) is 0.517. The number of nitrogens with zero attached hydrogens (tertiary/aromatic N) is 1. The summed E-state index contributed by atoms with van der Waals surface area (Å²) in [6.45, 7) is 4.73. The number of nitrogens with two attached hydrogens (primary N) is 1. The monoisotopic (exact) mass is 537 g/mol. The van der Waals surface area contributed by atoms with Crippen molar-refractivity contribution >= 4 is 34.4 Å². The van der Waals surface area contributed by atoms with Crippen LogP contribution in [-0.4, -0.2) is 70.6 Å². The van der Waals surface area contributed by atoms with Gasteiger partial charge in [0.25, 0.3) is 5.91 Å². The van der Waals surface area contributed by atoms with Crippen LogP contribution < -0.4 is 21.7 Å². The number of hydrogen-bond donors (Lipinski definition) is 5. The fourth-order valence-electron chi connectivity index (χ4n) is 5.56. The molecule has 2 aliphatic rings. The lowest BCUT2D eigenvalue weighted by Crippen LogP contribution is -2.64. The van der Waals surface area contributed by atoms with Crippen LogP contribution in [0.15, 0.2) is 42.5 Å². The summed E-state index contributed by atoms with van der Waals surface area (Å²) in [5, 5.41) is 20.4. The number of aliphatic hydroxyl groups is 1. The minimum atomic E-state index is -2.07. The van der Waals surface area contributed by atoms with Gasteiger partial charge >= 0.3 is 0 Å². The third-order valence-electron chi connectivity index (χ3n) is 8.03. The molecule has 2 aromatic rings. The Kier molecular flexibility index (Phi) is 8.99. The average molecular weight is 538 g/mol. The molecule has 2 unspecified atom stereocenters. The number of imide groups is 1. The summed E-state index contributed by atoms with van der Waals surface area (Å²) >= 11 is 0. The second-order valence-electron chi connectivity index (χ2n) is 10.6. The Morgan fingerprint density at radius 1 is 1.10 bits per heavy atom. The first-order chi connectivity index (χ1) is 18.7. The van der Waals surface area contributed by atoms with Crippen LogP contribution in [0.25, 0.3) is 10.8 Å². The molecule has 0 radical (unpaired) electrons. The van der Waals surface area contributed by atoms with Crippen LogP contribution in [0.2, 0.25) is 0 Å². The number of hydrogen-bond acceptors (Lipinski definition) is 7. The van der Waals surface area contributed by atoms with Crippen molar-refractivity contribution in [3.05, 3.63) is 48.0 Å². The van der Waals surface area contributed by atoms with E-state index < -0.39 is 41.6 Å². The van der Waals surface area contributed by atoms with Crippen LogP contribution in [0.3, 0.4) is 0 Å². The van der Waals surface area contributed by atoms with Gasteiger partial charge in [-0.2, -0.15) is 0 Å². The lowest BCUT2D eigenvalue weighted by atomic mass is 9.99. The molecule has 2 aromatic carbocycles. The molecule has 4 amide bonds. The van der Waals surface area contributed by atoms with E-state index in [4.69, 9.17) is 5.73 Å². The molecule has 2 saturated heterocycles. The van der Waals surface area contributed by atoms with Crippen molar-refractivity contribution < 1.29 is 24.3 Å². The van der Waals surface area contributed by atoms with E-state index in [1.165, 1.54) is 0 Å². The van der Waals surface area contributed by atoms with Gasteiger partial charge in [0.15, 0.2) is 0 Å². The van der Waals surface area contributed by atoms with Gasteiger partial charge in [-0.15, -0.1) is 0 Å². The van der Waals surface area contributed by atoms with Gasteiger partial charge < -0.3 is 21.1 Å². The minimum absolute atomic E-state index is 0.0492. The fourth-order valence-corrected chi connectivity index (χ4v) is 5.56. The molecule has 10 nitrogen and oxygen atoms in total. The van der Waals surface area contributed by atoms with Gasteiger partial charge in [0.05, 0.1) is 6.04 Å². The van der Waals surface area contributed by atoms with Crippen LogP contribution >= 0.6 is 0 Å². The lowest BCUT2D eigenvalue weighted by Gasteiger charge is -2.30. The van der Waals surface area contributed by atoms with Gasteiger partial charge in [0.2, 0.25) is 23.4 Å². The maximum atomic E-state index is 13.5. The molecule has 0 aromatic heterocycles. The smallest absolute Gasteiger partial charge is 0.275 e. The first-order valence-corrected chi connectivity index (χ1v) is 13.8. The SMILES string of the molecule is CCC(CC)C(=O)N1CCCC1C(=O)N[C@H](Cc1ccc2ccccc2c1)C(=O)NC(=O)[C@]1(O)NCCC1N. The molecule has 0 aliphatic carbocycles. The molecule has 210 valence electrons. The highest BCUT2D eigenvalue weighted by Crippen LogP contribution is 2.23. The Morgan fingerprint density at radius 3 is 2.49 bits per heavy atom. The van der Waals surface area contributed by atoms with Crippen LogP contribution in [0, 0.1) is 5.92 Å². The quantitative estimate of drug-likeness (QED) is 0.319. The van der Waals surface area contributed by atoms with E-state index in [1.807, 2.05) is 56.3 Å². The van der Waals surface area contributed by atoms with Crippen LogP contribution in [0.5, 0.6) is 0 Å². The zero-order chi connectivity index (χ0) is 28.2. The summed E-state index contributed by atoms with van der Waals surface area (Å²) in [4.78, 5) is 54.4. The van der Waals surface area contributed by atoms with Crippen molar-refractivity contribution in [1.29, 1.82) is 0 Å². The predicted molar refractivity (Wildman–Crippen MR) is 147 cm³/mol. The Hall–Kier alpha value is -3.34. The summed E-state index contributed by atoms with van der Waals surface area (Å²) in [6, 6.07) is 10.9. The summed E-state index contributed by atoms with van der Waals surface area (Å²) in [5.74, 6) is -2.36. The van der Waals surface area contributed by atoms with E-state index in [2.05, 4.69) is 16.0 Å². The zero-order valence-corrected chi connectivity index (χ0v) is 22.6. The highest BCUT2D eigenvalue weighted by molar-refractivity contribution is 6.03. The number of likely N-dealkylation sites (tertiary alicyclic amines) is 1. The summed E-state index contributed by atoms with van der Waals surface area (Å²) in [5.41, 5.74) is 4.62. The normalized spacial score (nSPS) is 23.7. The molecule has 2 heterocycles. The molecule has 0 spiro atoms. The van der Waals surface area contributed by atoms with Gasteiger partial charge in [-0.3, -0.25) is 29.8 Å². The van der Waals surface area contributed by atoms with E-state index in [-0.39, 0.29) is 18.2 Å². The number of carbonyl (C=O) groups excluding carboxylic acids is 4. The summed E-state index contributed by atoms with van der Waals surface area (Å²) in [7, 11) is 0. The topological polar surface area (TPSA) is 154 Å². The van der Waals surface area contributed by atoms with Crippen molar-refractivity contribution in [2.24, 2.45) is 11.7 Å². The molecule has 2 fully saturated rings. The molecule has 0 bridgehead atoms. The Balaban J connectivity index is 1.55. The summed E-state index contributed by atoms with van der Waals surface area (Å²) < 4.78 is 0.